The van der Waals surface area contributed by atoms with E-state index in [-0.39, 0.29) is 5.54 Å². The molecule has 8 heavy (non-hydrogen) atoms. The molecular weight excluding hydrogens is 202 g/mol. The third kappa shape index (κ3) is 15.8. The maximum absolute atomic E-state index is 5.53. The Labute approximate surface area is 67.7 Å². The third-order valence-corrected chi connectivity index (χ3v) is 0.911. The third-order valence-electron chi connectivity index (χ3n) is 0.911. The minimum atomic E-state index is 0.0417. The molecule has 0 amide bonds. The molecule has 1 nitrogen and oxygen atoms in total. The average Bonchev–Trinajstić information content (AvgIpc) is 1.71. The van der Waals surface area contributed by atoms with Crippen LogP contribution in [0.5, 0.6) is 0 Å². The second-order valence-corrected chi connectivity index (χ2v) is 2.34. The zero-order chi connectivity index (χ0) is 7.21. The zero-order valence-electron chi connectivity index (χ0n) is 5.61. The van der Waals surface area contributed by atoms with Gasteiger partial charge >= 0.3 is 29.2 Å². The van der Waals surface area contributed by atoms with Crippen molar-refractivity contribution >= 4 is 9.19 Å². The van der Waals surface area contributed by atoms with Crippen LogP contribution in [0, 0.1) is 0 Å². The van der Waals surface area contributed by atoms with Gasteiger partial charge in [0.25, 0.3) is 0 Å². The number of halogens is 1. The van der Waals surface area contributed by atoms with Crippen LogP contribution in [0.1, 0.15) is 27.2 Å². The average molecular weight is 216 g/mol. The molecule has 0 aliphatic carbocycles. The van der Waals surface area contributed by atoms with Crippen molar-refractivity contribution in [2.45, 2.75) is 32.7 Å². The van der Waals surface area contributed by atoms with Gasteiger partial charge in [-0.1, -0.05) is 6.92 Å². The van der Waals surface area contributed by atoms with Crippen molar-refractivity contribution in [3.63, 3.8) is 0 Å². The van der Waals surface area contributed by atoms with Gasteiger partial charge in [-0.3, -0.25) is 0 Å². The fourth-order valence-electron chi connectivity index (χ4n) is 0. The van der Waals surface area contributed by atoms with Crippen LogP contribution >= 0.6 is 9.19 Å². The molecule has 0 aromatic carbocycles. The van der Waals surface area contributed by atoms with Gasteiger partial charge < -0.3 is 5.73 Å². The van der Waals surface area contributed by atoms with E-state index in [0.29, 0.717) is 0 Å². The predicted molar refractivity (Wildman–Crippen MR) is 34.4 cm³/mol. The summed E-state index contributed by atoms with van der Waals surface area (Å²) in [6, 6.07) is 0. The molecule has 2 N–H and O–H groups in total. The molecule has 0 aliphatic heterocycles. The van der Waals surface area contributed by atoms with Gasteiger partial charge in [0.2, 0.25) is 0 Å². The molecule has 0 unspecified atom stereocenters. The van der Waals surface area contributed by atoms with Crippen LogP contribution in [0.2, 0.25) is 0 Å². The van der Waals surface area contributed by atoms with Crippen LogP contribution in [-0.4, -0.2) is 5.54 Å². The Balaban J connectivity index is 0. The second kappa shape index (κ2) is 6.12. The van der Waals surface area contributed by atoms with Gasteiger partial charge in [-0.2, -0.15) is 0 Å². The molecule has 0 saturated carbocycles. The van der Waals surface area contributed by atoms with Crippen molar-refractivity contribution < 1.29 is 20.0 Å². The summed E-state index contributed by atoms with van der Waals surface area (Å²) < 4.78 is 0. The Morgan fingerprint density at radius 1 is 1.50 bits per heavy atom. The van der Waals surface area contributed by atoms with Crippen LogP contribution in [0.4, 0.5) is 0 Å². The first-order chi connectivity index (χ1) is 3.56. The molecule has 0 bridgehead atoms. The first-order valence-corrected chi connectivity index (χ1v) is 5.35. The maximum atomic E-state index is 5.53. The van der Waals surface area contributed by atoms with Crippen molar-refractivity contribution in [1.82, 2.24) is 0 Å². The zero-order valence-corrected chi connectivity index (χ0v) is 8.56. The van der Waals surface area contributed by atoms with Crippen LogP contribution < -0.4 is 5.73 Å². The van der Waals surface area contributed by atoms with Gasteiger partial charge in [-0.05, 0) is 20.3 Å². The van der Waals surface area contributed by atoms with Crippen molar-refractivity contribution in [1.29, 1.82) is 0 Å². The van der Waals surface area contributed by atoms with E-state index >= 15 is 0 Å². The first-order valence-electron chi connectivity index (χ1n) is 2.52. The summed E-state index contributed by atoms with van der Waals surface area (Å²) in [5, 5.41) is 0. The summed E-state index contributed by atoms with van der Waals surface area (Å²) in [5.41, 5.74) is 5.58. The van der Waals surface area contributed by atoms with Gasteiger partial charge in [0, 0.05) is 5.54 Å². The molecule has 0 aromatic heterocycles. The Morgan fingerprint density at radius 2 is 1.62 bits per heavy atom. The van der Waals surface area contributed by atoms with E-state index in [9.17, 15) is 0 Å². The first kappa shape index (κ1) is 11.7. The van der Waals surface area contributed by atoms with Gasteiger partial charge in [0.1, 0.15) is 0 Å². The number of hydrogen-bond acceptors (Lipinski definition) is 1. The monoisotopic (exact) mass is 215 g/mol. The number of rotatable bonds is 1. The Morgan fingerprint density at radius 3 is 1.62 bits per heavy atom. The molecule has 0 rings (SSSR count). The van der Waals surface area contributed by atoms with Crippen molar-refractivity contribution in [2.75, 3.05) is 0 Å². The molecule has 50 valence electrons. The fourth-order valence-corrected chi connectivity index (χ4v) is 0. The topological polar surface area (TPSA) is 26.0 Å². The molecule has 0 aromatic rings. The SMILES string of the molecule is CCC(C)(C)N.[Cl][Nb]. The Hall–Kier alpha value is 0.990. The normalized spacial score (nSPS) is 9.62. The second-order valence-electron chi connectivity index (χ2n) is 2.34. The van der Waals surface area contributed by atoms with Gasteiger partial charge in [-0.25, -0.2) is 0 Å². The van der Waals surface area contributed by atoms with E-state index in [1.807, 2.05) is 13.8 Å². The molecule has 0 atom stereocenters. The van der Waals surface area contributed by atoms with E-state index in [0.717, 1.165) is 6.42 Å². The minimum absolute atomic E-state index is 0.0417. The summed E-state index contributed by atoms with van der Waals surface area (Å²) in [4.78, 5) is 0. The quantitative estimate of drug-likeness (QED) is 0.664. The van der Waals surface area contributed by atoms with E-state index < -0.39 is 0 Å². The van der Waals surface area contributed by atoms with Crippen molar-refractivity contribution in [3.8, 4) is 0 Å². The van der Waals surface area contributed by atoms with Crippen LogP contribution in [-0.2, 0) is 20.0 Å². The molecule has 0 heterocycles. The Bertz CT molecular complexity index is 42.2. The molecule has 0 radical (unpaired) electrons. The molecule has 0 saturated heterocycles. The van der Waals surface area contributed by atoms with Gasteiger partial charge in [0.15, 0.2) is 0 Å². The van der Waals surface area contributed by atoms with E-state index in [4.69, 9.17) is 5.73 Å². The summed E-state index contributed by atoms with van der Waals surface area (Å²) >= 11 is 1.22. The number of nitrogens with two attached hydrogens (primary N) is 1. The predicted octanol–water partition coefficient (Wildman–Crippen LogP) is 1.82. The summed E-state index contributed by atoms with van der Waals surface area (Å²) in [6.07, 6.45) is 1.05. The molecule has 3 heteroatoms. The molecule has 0 fully saturated rings. The standard InChI is InChI=1S/C5H13N.ClH.Nb/c1-4-5(2,3)6;;/h4,6H2,1-3H3;1H;/q;;+1/p-1. The van der Waals surface area contributed by atoms with Crippen molar-refractivity contribution in [2.24, 2.45) is 5.73 Å². The summed E-state index contributed by atoms with van der Waals surface area (Å²) in [7, 11) is 4.69. The van der Waals surface area contributed by atoms with Crippen molar-refractivity contribution in [3.05, 3.63) is 0 Å². The summed E-state index contributed by atoms with van der Waals surface area (Å²) in [6.45, 7) is 6.12. The van der Waals surface area contributed by atoms with E-state index in [2.05, 4.69) is 16.1 Å². The molecular formula is C5H13ClNNb. The molecule has 0 aliphatic rings. The van der Waals surface area contributed by atoms with Crippen LogP contribution in [0.3, 0.4) is 0 Å². The summed E-state index contributed by atoms with van der Waals surface area (Å²) in [5.74, 6) is 0. The van der Waals surface area contributed by atoms with Gasteiger partial charge in [-0.15, -0.1) is 0 Å². The van der Waals surface area contributed by atoms with Gasteiger partial charge in [0.05, 0.1) is 0 Å². The van der Waals surface area contributed by atoms with E-state index in [1.165, 1.54) is 20.0 Å². The van der Waals surface area contributed by atoms with Crippen LogP contribution in [0.25, 0.3) is 0 Å². The Kier molecular flexibility index (Phi) is 8.98. The van der Waals surface area contributed by atoms with E-state index in [1.54, 1.807) is 0 Å². The fraction of sp³-hybridized carbons (Fsp3) is 1.00. The van der Waals surface area contributed by atoms with Crippen LogP contribution in [0.15, 0.2) is 0 Å². The molecule has 0 spiro atoms. The number of hydrogen-bond donors (Lipinski definition) is 1.